The molecule has 0 saturated heterocycles. The van der Waals surface area contributed by atoms with Crippen molar-refractivity contribution in [1.82, 2.24) is 9.62 Å². The minimum Gasteiger partial charge on any atom is -0.314 e. The highest BCUT2D eigenvalue weighted by Gasteiger charge is 2.18. The van der Waals surface area contributed by atoms with Gasteiger partial charge in [-0.2, -0.15) is 0 Å². The number of hydrogen-bond acceptors (Lipinski definition) is 3. The first-order valence-electron chi connectivity index (χ1n) is 7.12. The molecule has 0 bridgehead atoms. The van der Waals surface area contributed by atoms with Gasteiger partial charge in [0, 0.05) is 19.1 Å². The van der Waals surface area contributed by atoms with Crippen molar-refractivity contribution in [3.05, 3.63) is 0 Å². The van der Waals surface area contributed by atoms with Gasteiger partial charge in [0.1, 0.15) is 0 Å². The molecule has 0 aliphatic heterocycles. The van der Waals surface area contributed by atoms with Crippen LogP contribution in [0.3, 0.4) is 0 Å². The highest BCUT2D eigenvalue weighted by molar-refractivity contribution is 7.88. The molecule has 108 valence electrons. The SMILES string of the molecule is CCN(CCCNC1CCC(C)CC1)S(C)(=O)=O. The number of hydrogen-bond donors (Lipinski definition) is 1. The Balaban J connectivity index is 2.15. The summed E-state index contributed by atoms with van der Waals surface area (Å²) in [5.74, 6) is 0.879. The number of rotatable bonds is 7. The Hall–Kier alpha value is -0.130. The molecule has 0 unspecified atom stereocenters. The summed E-state index contributed by atoms with van der Waals surface area (Å²) in [5.41, 5.74) is 0. The topological polar surface area (TPSA) is 49.4 Å². The van der Waals surface area contributed by atoms with E-state index in [4.69, 9.17) is 0 Å². The molecule has 0 atom stereocenters. The Morgan fingerprint density at radius 1 is 1.22 bits per heavy atom. The number of sulfonamides is 1. The molecule has 5 heteroatoms. The third kappa shape index (κ3) is 5.67. The lowest BCUT2D eigenvalue weighted by atomic mass is 9.87. The lowest BCUT2D eigenvalue weighted by molar-refractivity contribution is 0.303. The normalized spacial score (nSPS) is 25.6. The molecular weight excluding hydrogens is 248 g/mol. The highest BCUT2D eigenvalue weighted by Crippen LogP contribution is 2.23. The fraction of sp³-hybridized carbons (Fsp3) is 1.00. The van der Waals surface area contributed by atoms with Gasteiger partial charge in [-0.1, -0.05) is 13.8 Å². The van der Waals surface area contributed by atoms with Crippen LogP contribution in [0.25, 0.3) is 0 Å². The van der Waals surface area contributed by atoms with E-state index >= 15 is 0 Å². The quantitative estimate of drug-likeness (QED) is 0.722. The van der Waals surface area contributed by atoms with E-state index in [1.165, 1.54) is 36.2 Å². The second-order valence-corrected chi connectivity index (χ2v) is 7.50. The summed E-state index contributed by atoms with van der Waals surface area (Å²) in [6.07, 6.45) is 7.36. The smallest absolute Gasteiger partial charge is 0.211 e. The molecule has 1 saturated carbocycles. The van der Waals surface area contributed by atoms with Crippen molar-refractivity contribution in [3.8, 4) is 0 Å². The van der Waals surface area contributed by atoms with E-state index in [2.05, 4.69) is 12.2 Å². The summed E-state index contributed by atoms with van der Waals surface area (Å²) in [5, 5.41) is 3.55. The molecule has 0 aromatic heterocycles. The van der Waals surface area contributed by atoms with Crippen molar-refractivity contribution in [2.24, 2.45) is 5.92 Å². The van der Waals surface area contributed by atoms with E-state index in [0.29, 0.717) is 19.1 Å². The van der Waals surface area contributed by atoms with Crippen LogP contribution in [0.1, 0.15) is 46.0 Å². The predicted octanol–water partition coefficient (Wildman–Crippen LogP) is 1.83. The first-order valence-corrected chi connectivity index (χ1v) is 8.96. The van der Waals surface area contributed by atoms with Crippen LogP contribution < -0.4 is 5.32 Å². The van der Waals surface area contributed by atoms with Crippen LogP contribution in [0.5, 0.6) is 0 Å². The van der Waals surface area contributed by atoms with Crippen molar-refractivity contribution in [2.75, 3.05) is 25.9 Å². The summed E-state index contributed by atoms with van der Waals surface area (Å²) in [7, 11) is -3.02. The van der Waals surface area contributed by atoms with Crippen molar-refractivity contribution in [2.45, 2.75) is 52.0 Å². The summed E-state index contributed by atoms with van der Waals surface area (Å²) < 4.78 is 24.3. The van der Waals surface area contributed by atoms with Gasteiger partial charge >= 0.3 is 0 Å². The Morgan fingerprint density at radius 2 is 1.83 bits per heavy atom. The molecule has 1 fully saturated rings. The van der Waals surface area contributed by atoms with Crippen molar-refractivity contribution in [1.29, 1.82) is 0 Å². The van der Waals surface area contributed by atoms with Crippen LogP contribution in [0.4, 0.5) is 0 Å². The van der Waals surface area contributed by atoms with Crippen LogP contribution >= 0.6 is 0 Å². The molecule has 1 aliphatic carbocycles. The van der Waals surface area contributed by atoms with Gasteiger partial charge in [-0.15, -0.1) is 0 Å². The molecule has 1 aliphatic rings. The van der Waals surface area contributed by atoms with Gasteiger partial charge in [0.25, 0.3) is 0 Å². The van der Waals surface area contributed by atoms with Crippen molar-refractivity contribution in [3.63, 3.8) is 0 Å². The minimum atomic E-state index is -3.02. The molecule has 0 heterocycles. The molecule has 0 spiro atoms. The van der Waals surface area contributed by atoms with Crippen molar-refractivity contribution < 1.29 is 8.42 Å². The van der Waals surface area contributed by atoms with Gasteiger partial charge in [0.15, 0.2) is 0 Å². The van der Waals surface area contributed by atoms with Gasteiger partial charge < -0.3 is 5.32 Å². The summed E-state index contributed by atoms with van der Waals surface area (Å²) >= 11 is 0. The van der Waals surface area contributed by atoms with Gasteiger partial charge in [0.2, 0.25) is 10.0 Å². The maximum atomic E-state index is 11.4. The summed E-state index contributed by atoms with van der Waals surface area (Å²) in [6.45, 7) is 6.33. The van der Waals surface area contributed by atoms with E-state index < -0.39 is 10.0 Å². The maximum Gasteiger partial charge on any atom is 0.211 e. The zero-order valence-electron chi connectivity index (χ0n) is 12.0. The van der Waals surface area contributed by atoms with E-state index in [0.717, 1.165) is 18.9 Å². The molecular formula is C13H28N2O2S. The zero-order valence-corrected chi connectivity index (χ0v) is 12.8. The molecule has 0 amide bonds. The van der Waals surface area contributed by atoms with Crippen molar-refractivity contribution >= 4 is 10.0 Å². The molecule has 0 radical (unpaired) electrons. The third-order valence-electron chi connectivity index (χ3n) is 3.85. The highest BCUT2D eigenvalue weighted by atomic mass is 32.2. The van der Waals surface area contributed by atoms with Gasteiger partial charge in [-0.05, 0) is 44.6 Å². The molecule has 4 nitrogen and oxygen atoms in total. The molecule has 0 aromatic rings. The predicted molar refractivity (Wildman–Crippen MR) is 76.1 cm³/mol. The lowest BCUT2D eigenvalue weighted by Gasteiger charge is -2.27. The summed E-state index contributed by atoms with van der Waals surface area (Å²) in [4.78, 5) is 0. The Labute approximate surface area is 112 Å². The van der Waals surface area contributed by atoms with Crippen LogP contribution in [-0.4, -0.2) is 44.7 Å². The second kappa shape index (κ2) is 7.46. The minimum absolute atomic E-state index is 0.569. The van der Waals surface area contributed by atoms with E-state index in [9.17, 15) is 8.42 Å². The standard InChI is InChI=1S/C13H28N2O2S/c1-4-15(18(3,16)17)11-5-10-14-13-8-6-12(2)7-9-13/h12-14H,4-11H2,1-3H3. The Morgan fingerprint density at radius 3 is 2.33 bits per heavy atom. The first-order chi connectivity index (χ1) is 8.43. The molecule has 1 N–H and O–H groups in total. The lowest BCUT2D eigenvalue weighted by Crippen LogP contribution is -2.36. The largest absolute Gasteiger partial charge is 0.314 e. The van der Waals surface area contributed by atoms with Crippen LogP contribution in [-0.2, 0) is 10.0 Å². The summed E-state index contributed by atoms with van der Waals surface area (Å²) in [6, 6.07) is 0.648. The monoisotopic (exact) mass is 276 g/mol. The zero-order chi connectivity index (χ0) is 13.6. The fourth-order valence-electron chi connectivity index (χ4n) is 2.58. The van der Waals surface area contributed by atoms with Crippen LogP contribution in [0.15, 0.2) is 0 Å². The maximum absolute atomic E-state index is 11.4. The fourth-order valence-corrected chi connectivity index (χ4v) is 3.51. The number of nitrogens with one attached hydrogen (secondary N) is 1. The van der Waals surface area contributed by atoms with Gasteiger partial charge in [-0.3, -0.25) is 0 Å². The molecule has 0 aromatic carbocycles. The van der Waals surface area contributed by atoms with Gasteiger partial charge in [0.05, 0.1) is 6.26 Å². The van der Waals surface area contributed by atoms with E-state index in [-0.39, 0.29) is 0 Å². The Kier molecular flexibility index (Phi) is 6.60. The van der Waals surface area contributed by atoms with Crippen LogP contribution in [0, 0.1) is 5.92 Å². The Bertz CT molecular complexity index is 322. The van der Waals surface area contributed by atoms with E-state index in [1.54, 1.807) is 0 Å². The van der Waals surface area contributed by atoms with Crippen LogP contribution in [0.2, 0.25) is 0 Å². The molecule has 1 rings (SSSR count). The first kappa shape index (κ1) is 15.9. The second-order valence-electron chi connectivity index (χ2n) is 5.52. The van der Waals surface area contributed by atoms with E-state index in [1.807, 2.05) is 6.92 Å². The van der Waals surface area contributed by atoms with Gasteiger partial charge in [-0.25, -0.2) is 12.7 Å². The number of nitrogens with zero attached hydrogens (tertiary/aromatic N) is 1. The average molecular weight is 276 g/mol. The third-order valence-corrected chi connectivity index (χ3v) is 5.23. The molecule has 18 heavy (non-hydrogen) atoms. The average Bonchev–Trinajstić information content (AvgIpc) is 2.30.